The fraction of sp³-hybridized carbons (Fsp3) is 0.217. The molecule has 0 spiro atoms. The van der Waals surface area contributed by atoms with E-state index in [2.05, 4.69) is 11.6 Å². The Morgan fingerprint density at radius 3 is 2.47 bits per heavy atom. The van der Waals surface area contributed by atoms with Crippen LogP contribution in [0.25, 0.3) is 11.3 Å². The maximum Gasteiger partial charge on any atom is 0.260 e. The van der Waals surface area contributed by atoms with Crippen LogP contribution in [0.4, 0.5) is 9.52 Å². The van der Waals surface area contributed by atoms with Crippen LogP contribution in [0.5, 0.6) is 0 Å². The summed E-state index contributed by atoms with van der Waals surface area (Å²) >= 11 is 1.29. The highest BCUT2D eigenvalue weighted by Gasteiger charge is 2.28. The van der Waals surface area contributed by atoms with E-state index in [0.717, 1.165) is 27.7 Å². The van der Waals surface area contributed by atoms with E-state index >= 15 is 0 Å². The lowest BCUT2D eigenvalue weighted by Gasteiger charge is -2.21. The molecule has 6 nitrogen and oxygen atoms in total. The van der Waals surface area contributed by atoms with Crippen LogP contribution in [0, 0.1) is 5.82 Å². The van der Waals surface area contributed by atoms with Crippen molar-refractivity contribution in [2.45, 2.75) is 18.7 Å². The van der Waals surface area contributed by atoms with Crippen LogP contribution in [-0.2, 0) is 10.0 Å². The van der Waals surface area contributed by atoms with Gasteiger partial charge in [-0.2, -0.15) is 4.31 Å². The van der Waals surface area contributed by atoms with Crippen molar-refractivity contribution in [1.82, 2.24) is 9.29 Å². The Morgan fingerprint density at radius 2 is 1.84 bits per heavy atom. The summed E-state index contributed by atoms with van der Waals surface area (Å²) in [5, 5.41) is 2.28. The molecule has 0 N–H and O–H groups in total. The first-order valence-electron chi connectivity index (χ1n) is 10.1. The van der Waals surface area contributed by atoms with Gasteiger partial charge in [-0.15, -0.1) is 17.9 Å². The number of carbonyl (C=O) groups excluding carboxylic acids is 1. The lowest BCUT2D eigenvalue weighted by atomic mass is 10.2. The zero-order valence-corrected chi connectivity index (χ0v) is 19.5. The Kier molecular flexibility index (Phi) is 7.55. The van der Waals surface area contributed by atoms with E-state index < -0.39 is 26.6 Å². The highest BCUT2D eigenvalue weighted by molar-refractivity contribution is 7.89. The van der Waals surface area contributed by atoms with Gasteiger partial charge in [-0.1, -0.05) is 50.3 Å². The maximum absolute atomic E-state index is 14.5. The van der Waals surface area contributed by atoms with Gasteiger partial charge in [0.05, 0.1) is 5.69 Å². The number of anilines is 1. The molecule has 0 saturated carbocycles. The van der Waals surface area contributed by atoms with Crippen LogP contribution in [0.3, 0.4) is 0 Å². The first kappa shape index (κ1) is 23.8. The predicted molar refractivity (Wildman–Crippen MR) is 126 cm³/mol. The first-order valence-corrected chi connectivity index (χ1v) is 12.4. The molecule has 3 aromatic rings. The van der Waals surface area contributed by atoms with Crippen LogP contribution in [0.1, 0.15) is 24.2 Å². The summed E-state index contributed by atoms with van der Waals surface area (Å²) < 4.78 is 41.3. The van der Waals surface area contributed by atoms with Gasteiger partial charge in [0.2, 0.25) is 10.0 Å². The summed E-state index contributed by atoms with van der Waals surface area (Å²) in [5.74, 6) is -1.39. The van der Waals surface area contributed by atoms with Crippen LogP contribution >= 0.6 is 11.3 Å². The van der Waals surface area contributed by atoms with Gasteiger partial charge in [0, 0.05) is 36.1 Å². The van der Waals surface area contributed by atoms with E-state index in [1.165, 1.54) is 22.3 Å². The molecule has 168 valence electrons. The number of rotatable bonds is 9. The molecule has 0 aliphatic carbocycles. The van der Waals surface area contributed by atoms with E-state index in [9.17, 15) is 17.6 Å². The molecule has 0 atom stereocenters. The van der Waals surface area contributed by atoms with Crippen molar-refractivity contribution >= 4 is 32.4 Å². The number of nitrogens with zero attached hydrogens (tertiary/aromatic N) is 3. The number of aromatic nitrogens is 1. The fourth-order valence-corrected chi connectivity index (χ4v) is 5.59. The Hall–Kier alpha value is -2.88. The molecule has 1 heterocycles. The number of carbonyl (C=O) groups is 1. The SMILES string of the molecule is C=CCN(C(=O)c1ccc(F)c(S(=O)(=O)N(CC)CC)c1)c1nc(-c2ccccc2)cs1. The number of hydrogen-bond donors (Lipinski definition) is 0. The highest BCUT2D eigenvalue weighted by atomic mass is 32.2. The van der Waals surface area contributed by atoms with E-state index in [1.54, 1.807) is 19.9 Å². The highest BCUT2D eigenvalue weighted by Crippen LogP contribution is 2.29. The Balaban J connectivity index is 1.99. The van der Waals surface area contributed by atoms with Gasteiger partial charge in [-0.05, 0) is 18.2 Å². The molecule has 1 aromatic heterocycles. The molecular formula is C23H24FN3O3S2. The van der Waals surface area contributed by atoms with Crippen LogP contribution in [-0.4, -0.2) is 43.2 Å². The van der Waals surface area contributed by atoms with Gasteiger partial charge >= 0.3 is 0 Å². The third-order valence-corrected chi connectivity index (χ3v) is 7.78. The van der Waals surface area contributed by atoms with Gasteiger partial charge in [0.15, 0.2) is 5.13 Å². The van der Waals surface area contributed by atoms with E-state index in [-0.39, 0.29) is 25.2 Å². The van der Waals surface area contributed by atoms with Crippen molar-refractivity contribution < 1.29 is 17.6 Å². The fourth-order valence-electron chi connectivity index (χ4n) is 3.20. The second kappa shape index (κ2) is 10.2. The average Bonchev–Trinajstić information content (AvgIpc) is 3.28. The molecule has 1 amide bonds. The number of hydrogen-bond acceptors (Lipinski definition) is 5. The number of sulfonamides is 1. The van der Waals surface area contributed by atoms with Gasteiger partial charge in [-0.25, -0.2) is 17.8 Å². The molecule has 0 saturated heterocycles. The first-order chi connectivity index (χ1) is 15.3. The minimum absolute atomic E-state index is 0.0513. The van der Waals surface area contributed by atoms with Crippen LogP contribution < -0.4 is 4.90 Å². The third-order valence-electron chi connectivity index (χ3n) is 4.85. The molecule has 3 rings (SSSR count). The van der Waals surface area contributed by atoms with E-state index in [0.29, 0.717) is 5.13 Å². The van der Waals surface area contributed by atoms with Crippen molar-refractivity contribution in [2.24, 2.45) is 0 Å². The number of thiazole rings is 1. The number of benzene rings is 2. The van der Waals surface area contributed by atoms with Gasteiger partial charge < -0.3 is 0 Å². The van der Waals surface area contributed by atoms with Gasteiger partial charge in [0.25, 0.3) is 5.91 Å². The topological polar surface area (TPSA) is 70.6 Å². The minimum atomic E-state index is -4.07. The third kappa shape index (κ3) is 4.79. The second-order valence-electron chi connectivity index (χ2n) is 6.82. The Morgan fingerprint density at radius 1 is 1.16 bits per heavy atom. The largest absolute Gasteiger partial charge is 0.280 e. The molecular weight excluding hydrogens is 449 g/mol. The molecule has 0 unspecified atom stereocenters. The van der Waals surface area contributed by atoms with Crippen molar-refractivity contribution in [3.05, 3.63) is 77.9 Å². The minimum Gasteiger partial charge on any atom is -0.280 e. The van der Waals surface area contributed by atoms with Crippen molar-refractivity contribution in [2.75, 3.05) is 24.5 Å². The second-order valence-corrected chi connectivity index (χ2v) is 9.56. The van der Waals surface area contributed by atoms with Crippen LogP contribution in [0.15, 0.2) is 71.5 Å². The van der Waals surface area contributed by atoms with Crippen molar-refractivity contribution in [3.63, 3.8) is 0 Å². The quantitative estimate of drug-likeness (QED) is 0.418. The number of halogens is 1. The lowest BCUT2D eigenvalue weighted by molar-refractivity contribution is 0.0989. The maximum atomic E-state index is 14.5. The number of amides is 1. The standard InChI is InChI=1S/C23H24FN3O3S2/c1-4-14-27(23-25-20(16-31-23)17-10-8-7-9-11-17)22(28)18-12-13-19(24)21(15-18)32(29,30)26(5-2)6-3/h4,7-13,15-16H,1,5-6,14H2,2-3H3. The molecule has 0 fully saturated rings. The molecule has 2 aromatic carbocycles. The Bertz CT molecular complexity index is 1210. The molecule has 0 aliphatic rings. The normalized spacial score (nSPS) is 11.5. The molecule has 32 heavy (non-hydrogen) atoms. The monoisotopic (exact) mass is 473 g/mol. The van der Waals surface area contributed by atoms with E-state index in [4.69, 9.17) is 0 Å². The summed E-state index contributed by atoms with van der Waals surface area (Å²) in [6.07, 6.45) is 1.55. The molecule has 0 aliphatic heterocycles. The van der Waals surface area contributed by atoms with Crippen molar-refractivity contribution in [3.8, 4) is 11.3 Å². The smallest absolute Gasteiger partial charge is 0.260 e. The summed E-state index contributed by atoms with van der Waals surface area (Å²) in [7, 11) is -4.07. The average molecular weight is 474 g/mol. The zero-order valence-electron chi connectivity index (χ0n) is 17.9. The van der Waals surface area contributed by atoms with Crippen LogP contribution in [0.2, 0.25) is 0 Å². The molecule has 0 radical (unpaired) electrons. The lowest BCUT2D eigenvalue weighted by Crippen LogP contribution is -2.33. The summed E-state index contributed by atoms with van der Waals surface area (Å²) in [6, 6.07) is 12.9. The zero-order chi connectivity index (χ0) is 23.3. The van der Waals surface area contributed by atoms with Crippen molar-refractivity contribution in [1.29, 1.82) is 0 Å². The van der Waals surface area contributed by atoms with E-state index in [1.807, 2.05) is 35.7 Å². The van der Waals surface area contributed by atoms with Gasteiger partial charge in [-0.3, -0.25) is 9.69 Å². The van der Waals surface area contributed by atoms with Gasteiger partial charge in [0.1, 0.15) is 10.7 Å². The predicted octanol–water partition coefficient (Wildman–Crippen LogP) is 4.81. The summed E-state index contributed by atoms with van der Waals surface area (Å²) in [4.78, 5) is 18.7. The molecule has 0 bridgehead atoms. The Labute approximate surface area is 191 Å². The summed E-state index contributed by atoms with van der Waals surface area (Å²) in [5.41, 5.74) is 1.68. The molecule has 9 heteroatoms. The summed E-state index contributed by atoms with van der Waals surface area (Å²) in [6.45, 7) is 7.60.